The van der Waals surface area contributed by atoms with E-state index in [0.29, 0.717) is 19.4 Å². The Balaban J connectivity index is 4.22. The third kappa shape index (κ3) is 48.3. The molecule has 0 N–H and O–H groups in total. The van der Waals surface area contributed by atoms with E-state index in [1.165, 1.54) is 141 Å². The average Bonchev–Trinajstić information content (AvgIpc) is 3.25. The van der Waals surface area contributed by atoms with Crippen molar-refractivity contribution in [3.8, 4) is 0 Å². The van der Waals surface area contributed by atoms with Gasteiger partial charge in [0.25, 0.3) is 0 Å². The molecule has 0 aromatic heterocycles. The predicted molar refractivity (Wildman–Crippen MR) is 261 cm³/mol. The summed E-state index contributed by atoms with van der Waals surface area (Å²) in [5.41, 5.74) is 0. The molecule has 0 aromatic carbocycles. The average molecular weight is 839 g/mol. The summed E-state index contributed by atoms with van der Waals surface area (Å²) in [7, 11) is 0. The number of carbonyl (C=O) groups is 2. The fourth-order valence-corrected chi connectivity index (χ4v) is 7.20. The summed E-state index contributed by atoms with van der Waals surface area (Å²) in [5, 5.41) is 0. The highest BCUT2D eigenvalue weighted by molar-refractivity contribution is 5.70. The lowest BCUT2D eigenvalue weighted by molar-refractivity contribution is -0.163. The molecule has 348 valence electrons. The summed E-state index contributed by atoms with van der Waals surface area (Å²) in [6.07, 6.45) is 63.7. The SMILES string of the molecule is CC/C=C\C/C=C\C/C=C\CCCCCCCC(=O)OC(COCCCCCCCCCCCC)COC(=O)CCCCCCCCCCC/C=C\C/C=C\CCCCC. The van der Waals surface area contributed by atoms with E-state index in [2.05, 4.69) is 81.5 Å². The minimum atomic E-state index is -0.544. The van der Waals surface area contributed by atoms with Crippen molar-refractivity contribution in [1.29, 1.82) is 0 Å². The smallest absolute Gasteiger partial charge is 0.306 e. The molecule has 0 heterocycles. The summed E-state index contributed by atoms with van der Waals surface area (Å²) < 4.78 is 17.4. The van der Waals surface area contributed by atoms with Crippen LogP contribution in [0.25, 0.3) is 0 Å². The van der Waals surface area contributed by atoms with Crippen LogP contribution in [0, 0.1) is 0 Å². The van der Waals surface area contributed by atoms with Crippen LogP contribution in [0.4, 0.5) is 0 Å². The molecule has 60 heavy (non-hydrogen) atoms. The topological polar surface area (TPSA) is 61.8 Å². The number of carbonyl (C=O) groups excluding carboxylic acids is 2. The Labute approximate surface area is 373 Å². The molecule has 0 radical (unpaired) electrons. The zero-order chi connectivity index (χ0) is 43.5. The lowest BCUT2D eigenvalue weighted by Crippen LogP contribution is -2.30. The molecule has 0 fully saturated rings. The number of hydrogen-bond acceptors (Lipinski definition) is 5. The number of unbranched alkanes of at least 4 members (excludes halogenated alkanes) is 26. The van der Waals surface area contributed by atoms with Crippen molar-refractivity contribution in [2.24, 2.45) is 0 Å². The van der Waals surface area contributed by atoms with Gasteiger partial charge in [-0.25, -0.2) is 0 Å². The highest BCUT2D eigenvalue weighted by Gasteiger charge is 2.17. The second-order valence-corrected chi connectivity index (χ2v) is 17.0. The van der Waals surface area contributed by atoms with Crippen LogP contribution in [0.2, 0.25) is 0 Å². The van der Waals surface area contributed by atoms with Crippen LogP contribution in [0.1, 0.15) is 252 Å². The minimum Gasteiger partial charge on any atom is -0.462 e. The first-order valence-electron chi connectivity index (χ1n) is 25.8. The van der Waals surface area contributed by atoms with E-state index < -0.39 is 6.10 Å². The molecule has 0 spiro atoms. The van der Waals surface area contributed by atoms with Gasteiger partial charge in [0.15, 0.2) is 6.10 Å². The monoisotopic (exact) mass is 839 g/mol. The normalized spacial score (nSPS) is 12.7. The summed E-state index contributed by atoms with van der Waals surface area (Å²) in [5.74, 6) is -0.415. The van der Waals surface area contributed by atoms with E-state index in [1.54, 1.807) is 0 Å². The van der Waals surface area contributed by atoms with E-state index in [4.69, 9.17) is 14.2 Å². The van der Waals surface area contributed by atoms with Gasteiger partial charge in [0.2, 0.25) is 0 Å². The van der Waals surface area contributed by atoms with Gasteiger partial charge in [-0.15, -0.1) is 0 Å². The van der Waals surface area contributed by atoms with Crippen molar-refractivity contribution < 1.29 is 23.8 Å². The van der Waals surface area contributed by atoms with Crippen LogP contribution >= 0.6 is 0 Å². The Morgan fingerprint density at radius 3 is 1.23 bits per heavy atom. The lowest BCUT2D eigenvalue weighted by atomic mass is 10.1. The third-order valence-electron chi connectivity index (χ3n) is 11.0. The van der Waals surface area contributed by atoms with Crippen molar-refractivity contribution in [3.63, 3.8) is 0 Å². The van der Waals surface area contributed by atoms with Crippen LogP contribution in [0.15, 0.2) is 60.8 Å². The van der Waals surface area contributed by atoms with Gasteiger partial charge < -0.3 is 14.2 Å². The first-order chi connectivity index (χ1) is 29.6. The van der Waals surface area contributed by atoms with Crippen molar-refractivity contribution in [2.75, 3.05) is 19.8 Å². The number of rotatable bonds is 47. The Morgan fingerprint density at radius 2 is 0.750 bits per heavy atom. The second-order valence-electron chi connectivity index (χ2n) is 17.0. The van der Waals surface area contributed by atoms with Gasteiger partial charge >= 0.3 is 11.9 Å². The molecule has 0 amide bonds. The van der Waals surface area contributed by atoms with Gasteiger partial charge in [-0.3, -0.25) is 9.59 Å². The number of hydrogen-bond donors (Lipinski definition) is 0. The Morgan fingerprint density at radius 1 is 0.383 bits per heavy atom. The lowest BCUT2D eigenvalue weighted by Gasteiger charge is -2.18. The van der Waals surface area contributed by atoms with Crippen LogP contribution in [0.3, 0.4) is 0 Å². The molecule has 0 bridgehead atoms. The molecule has 5 nitrogen and oxygen atoms in total. The summed E-state index contributed by atoms with van der Waals surface area (Å²) in [4.78, 5) is 25.4. The van der Waals surface area contributed by atoms with E-state index in [-0.39, 0.29) is 25.2 Å². The van der Waals surface area contributed by atoms with Crippen LogP contribution in [-0.4, -0.2) is 37.9 Å². The van der Waals surface area contributed by atoms with Crippen LogP contribution in [-0.2, 0) is 23.8 Å². The highest BCUT2D eigenvalue weighted by Crippen LogP contribution is 2.14. The minimum absolute atomic E-state index is 0.0772. The quantitative estimate of drug-likeness (QED) is 0.0347. The van der Waals surface area contributed by atoms with Crippen LogP contribution in [0.5, 0.6) is 0 Å². The largest absolute Gasteiger partial charge is 0.462 e. The van der Waals surface area contributed by atoms with Gasteiger partial charge in [0.1, 0.15) is 6.61 Å². The molecular formula is C55H98O5. The van der Waals surface area contributed by atoms with Gasteiger partial charge in [-0.2, -0.15) is 0 Å². The summed E-state index contributed by atoms with van der Waals surface area (Å²) in [6, 6.07) is 0. The molecule has 0 aliphatic heterocycles. The third-order valence-corrected chi connectivity index (χ3v) is 11.0. The number of ether oxygens (including phenoxy) is 3. The van der Waals surface area contributed by atoms with E-state index in [9.17, 15) is 9.59 Å². The zero-order valence-corrected chi connectivity index (χ0v) is 40.0. The molecule has 1 atom stereocenters. The molecule has 0 saturated carbocycles. The van der Waals surface area contributed by atoms with Crippen molar-refractivity contribution in [1.82, 2.24) is 0 Å². The number of esters is 2. The Kier molecular flexibility index (Phi) is 48.9. The van der Waals surface area contributed by atoms with E-state index >= 15 is 0 Å². The first kappa shape index (κ1) is 57.6. The van der Waals surface area contributed by atoms with Gasteiger partial charge in [0.05, 0.1) is 6.61 Å². The maximum atomic E-state index is 12.8. The highest BCUT2D eigenvalue weighted by atomic mass is 16.6. The van der Waals surface area contributed by atoms with Crippen molar-refractivity contribution >= 4 is 11.9 Å². The standard InChI is InChI=1S/C55H98O5/c1-4-7-10-13-16-19-22-24-26-27-28-29-31-32-34-36-39-42-45-48-54(56)59-52-53(51-58-50-47-44-41-38-21-18-15-12-9-6-3)60-55(57)49-46-43-40-37-35-33-30-25-23-20-17-14-11-8-5-2/h8,11,16-17,19-20,24-26,30,53H,4-7,9-10,12-15,18,21-23,27-29,31-52H2,1-3H3/b11-8-,19-16-,20-17-,26-24-,30-25-. The molecule has 0 aliphatic rings. The molecular weight excluding hydrogens is 741 g/mol. The zero-order valence-electron chi connectivity index (χ0n) is 40.0. The number of allylic oxidation sites excluding steroid dienone is 10. The molecule has 0 aromatic rings. The van der Waals surface area contributed by atoms with Gasteiger partial charge in [-0.05, 0) is 83.5 Å². The van der Waals surface area contributed by atoms with Crippen LogP contribution < -0.4 is 0 Å². The second kappa shape index (κ2) is 51.0. The summed E-state index contributed by atoms with van der Waals surface area (Å²) in [6.45, 7) is 7.69. The predicted octanol–water partition coefficient (Wildman–Crippen LogP) is 17.3. The molecule has 0 rings (SSSR count). The fraction of sp³-hybridized carbons (Fsp3) is 0.782. The maximum Gasteiger partial charge on any atom is 0.306 e. The van der Waals surface area contributed by atoms with E-state index in [0.717, 1.165) is 77.0 Å². The first-order valence-corrected chi connectivity index (χ1v) is 25.8. The molecule has 1 unspecified atom stereocenters. The van der Waals surface area contributed by atoms with Gasteiger partial charge in [-0.1, -0.05) is 216 Å². The maximum absolute atomic E-state index is 12.8. The molecule has 0 saturated heterocycles. The molecule has 0 aliphatic carbocycles. The molecule has 5 heteroatoms. The van der Waals surface area contributed by atoms with Gasteiger partial charge in [0, 0.05) is 19.4 Å². The van der Waals surface area contributed by atoms with Crippen molar-refractivity contribution in [3.05, 3.63) is 60.8 Å². The Hall–Kier alpha value is -2.40. The Bertz CT molecular complexity index is 1040. The fourth-order valence-electron chi connectivity index (χ4n) is 7.20. The van der Waals surface area contributed by atoms with Crippen molar-refractivity contribution in [2.45, 2.75) is 258 Å². The van der Waals surface area contributed by atoms with E-state index in [1.807, 2.05) is 0 Å². The summed E-state index contributed by atoms with van der Waals surface area (Å²) >= 11 is 0.